The van der Waals surface area contributed by atoms with Gasteiger partial charge in [0.25, 0.3) is 0 Å². The van der Waals surface area contributed by atoms with Crippen molar-refractivity contribution in [2.75, 3.05) is 6.26 Å². The molecule has 0 heterocycles. The Morgan fingerprint density at radius 1 is 1.75 bits per heavy atom. The molecule has 2 heteroatoms. The lowest BCUT2D eigenvalue weighted by molar-refractivity contribution is -0.116. The van der Waals surface area contributed by atoms with Crippen LogP contribution in [0.4, 0.5) is 0 Å². The van der Waals surface area contributed by atoms with E-state index < -0.39 is 0 Å². The van der Waals surface area contributed by atoms with E-state index in [2.05, 4.69) is 0 Å². The molecule has 0 saturated carbocycles. The fourth-order valence-electron chi connectivity index (χ4n) is 0.310. The van der Waals surface area contributed by atoms with E-state index in [1.54, 1.807) is 18.7 Å². The Morgan fingerprint density at radius 3 is 2.75 bits per heavy atom. The van der Waals surface area contributed by atoms with Crippen molar-refractivity contribution in [2.45, 2.75) is 13.3 Å². The fourth-order valence-corrected chi connectivity index (χ4v) is 0.599. The zero-order valence-corrected chi connectivity index (χ0v) is 5.99. The molecule has 0 amide bonds. The van der Waals surface area contributed by atoms with Gasteiger partial charge in [0.15, 0.2) is 0 Å². The van der Waals surface area contributed by atoms with Crippen LogP contribution >= 0.6 is 11.8 Å². The standard InChI is InChI=1S/C6H10OS/c1-6(7)4-3-5-8-2/h3,5H,4H2,1-2H3/b5-3-. The largest absolute Gasteiger partial charge is 0.300 e. The van der Waals surface area contributed by atoms with Gasteiger partial charge in [-0.05, 0) is 18.6 Å². The molecule has 0 aliphatic heterocycles. The second kappa shape index (κ2) is 4.91. The zero-order chi connectivity index (χ0) is 6.41. The van der Waals surface area contributed by atoms with E-state index in [0.717, 1.165) is 0 Å². The van der Waals surface area contributed by atoms with Gasteiger partial charge in [-0.15, -0.1) is 11.8 Å². The highest BCUT2D eigenvalue weighted by Crippen LogP contribution is 1.94. The Kier molecular flexibility index (Phi) is 4.76. The molecular formula is C6H10OS. The Labute approximate surface area is 54.2 Å². The van der Waals surface area contributed by atoms with Crippen molar-refractivity contribution in [3.63, 3.8) is 0 Å². The number of thioether (sulfide) groups is 1. The van der Waals surface area contributed by atoms with Gasteiger partial charge in [0, 0.05) is 6.42 Å². The van der Waals surface area contributed by atoms with E-state index in [4.69, 9.17) is 0 Å². The minimum atomic E-state index is 0.218. The lowest BCUT2D eigenvalue weighted by Crippen LogP contribution is -1.82. The molecule has 0 aromatic heterocycles. The van der Waals surface area contributed by atoms with Crippen molar-refractivity contribution < 1.29 is 4.79 Å². The third-order valence-electron chi connectivity index (χ3n) is 0.638. The normalized spacial score (nSPS) is 10.2. The number of carbonyl (C=O) groups excluding carboxylic acids is 1. The van der Waals surface area contributed by atoms with Gasteiger partial charge in [0.05, 0.1) is 0 Å². The average molecular weight is 130 g/mol. The van der Waals surface area contributed by atoms with E-state index in [9.17, 15) is 4.79 Å². The smallest absolute Gasteiger partial charge is 0.133 e. The highest BCUT2D eigenvalue weighted by molar-refractivity contribution is 8.01. The maximum Gasteiger partial charge on any atom is 0.133 e. The van der Waals surface area contributed by atoms with Gasteiger partial charge in [-0.3, -0.25) is 4.79 Å². The molecule has 0 unspecified atom stereocenters. The van der Waals surface area contributed by atoms with Gasteiger partial charge in [-0.2, -0.15) is 0 Å². The van der Waals surface area contributed by atoms with Crippen molar-refractivity contribution in [1.82, 2.24) is 0 Å². The van der Waals surface area contributed by atoms with E-state index in [0.29, 0.717) is 6.42 Å². The van der Waals surface area contributed by atoms with Crippen LogP contribution in [0.2, 0.25) is 0 Å². The minimum absolute atomic E-state index is 0.218. The number of carbonyl (C=O) groups is 1. The van der Waals surface area contributed by atoms with Gasteiger partial charge in [0.1, 0.15) is 5.78 Å². The van der Waals surface area contributed by atoms with E-state index >= 15 is 0 Å². The summed E-state index contributed by atoms with van der Waals surface area (Å²) in [4.78, 5) is 10.3. The van der Waals surface area contributed by atoms with Gasteiger partial charge >= 0.3 is 0 Å². The second-order valence-corrected chi connectivity index (χ2v) is 2.26. The Hall–Kier alpha value is -0.240. The van der Waals surface area contributed by atoms with Gasteiger partial charge < -0.3 is 0 Å². The van der Waals surface area contributed by atoms with Crippen LogP contribution in [0.25, 0.3) is 0 Å². The molecule has 8 heavy (non-hydrogen) atoms. The van der Waals surface area contributed by atoms with E-state index in [1.165, 1.54) is 0 Å². The summed E-state index contributed by atoms with van der Waals surface area (Å²) in [6.45, 7) is 1.59. The van der Waals surface area contributed by atoms with Crippen LogP contribution < -0.4 is 0 Å². The quantitative estimate of drug-likeness (QED) is 0.580. The molecule has 0 aromatic carbocycles. The molecule has 0 radical (unpaired) electrons. The summed E-state index contributed by atoms with van der Waals surface area (Å²) in [5.74, 6) is 0.218. The molecule has 0 saturated heterocycles. The first kappa shape index (κ1) is 7.76. The van der Waals surface area contributed by atoms with Gasteiger partial charge in [0.2, 0.25) is 0 Å². The molecule has 0 aromatic rings. The summed E-state index contributed by atoms with van der Waals surface area (Å²) < 4.78 is 0. The van der Waals surface area contributed by atoms with Crippen LogP contribution in [0.1, 0.15) is 13.3 Å². The number of hydrogen-bond acceptors (Lipinski definition) is 2. The third kappa shape index (κ3) is 5.76. The summed E-state index contributed by atoms with van der Waals surface area (Å²) in [7, 11) is 0. The summed E-state index contributed by atoms with van der Waals surface area (Å²) in [5.41, 5.74) is 0. The van der Waals surface area contributed by atoms with Crippen LogP contribution in [-0.4, -0.2) is 12.0 Å². The monoisotopic (exact) mass is 130 g/mol. The van der Waals surface area contributed by atoms with Crippen LogP contribution in [0.5, 0.6) is 0 Å². The van der Waals surface area contributed by atoms with Crippen LogP contribution in [0.3, 0.4) is 0 Å². The molecule has 0 spiro atoms. The minimum Gasteiger partial charge on any atom is -0.300 e. The summed E-state index contributed by atoms with van der Waals surface area (Å²) in [6.07, 6.45) is 4.41. The van der Waals surface area contributed by atoms with Crippen molar-refractivity contribution in [1.29, 1.82) is 0 Å². The third-order valence-corrected chi connectivity index (χ3v) is 1.10. The summed E-state index contributed by atoms with van der Waals surface area (Å²) in [6, 6.07) is 0. The maximum atomic E-state index is 10.3. The predicted octanol–water partition coefficient (Wildman–Crippen LogP) is 1.84. The first-order valence-electron chi connectivity index (χ1n) is 2.44. The first-order valence-corrected chi connectivity index (χ1v) is 3.73. The number of Topliss-reactive ketones (excluding diaryl/α,β-unsaturated/α-hetero) is 1. The van der Waals surface area contributed by atoms with E-state index in [-0.39, 0.29) is 5.78 Å². The summed E-state index contributed by atoms with van der Waals surface area (Å²) >= 11 is 1.61. The molecule has 0 N–H and O–H groups in total. The zero-order valence-electron chi connectivity index (χ0n) is 5.18. The number of allylic oxidation sites excluding steroid dienone is 1. The maximum absolute atomic E-state index is 10.3. The Morgan fingerprint density at radius 2 is 2.38 bits per heavy atom. The topological polar surface area (TPSA) is 17.1 Å². The summed E-state index contributed by atoms with van der Waals surface area (Å²) in [5, 5.41) is 1.92. The molecule has 0 bridgehead atoms. The molecule has 0 atom stereocenters. The molecule has 0 aliphatic rings. The van der Waals surface area contributed by atoms with Crippen molar-refractivity contribution in [3.05, 3.63) is 11.5 Å². The average Bonchev–Trinajstić information content (AvgIpc) is 1.66. The van der Waals surface area contributed by atoms with Gasteiger partial charge in [-0.1, -0.05) is 6.08 Å². The van der Waals surface area contributed by atoms with Crippen LogP contribution in [-0.2, 0) is 4.79 Å². The first-order chi connectivity index (χ1) is 3.77. The number of ketones is 1. The molecule has 46 valence electrons. The molecule has 0 rings (SSSR count). The Bertz CT molecular complexity index is 96.7. The van der Waals surface area contributed by atoms with Crippen LogP contribution in [0, 0.1) is 0 Å². The van der Waals surface area contributed by atoms with Crippen molar-refractivity contribution >= 4 is 17.5 Å². The van der Waals surface area contributed by atoms with Crippen molar-refractivity contribution in [3.8, 4) is 0 Å². The molecular weight excluding hydrogens is 120 g/mol. The molecule has 1 nitrogen and oxygen atoms in total. The van der Waals surface area contributed by atoms with Crippen molar-refractivity contribution in [2.24, 2.45) is 0 Å². The second-order valence-electron chi connectivity index (χ2n) is 1.51. The number of hydrogen-bond donors (Lipinski definition) is 0. The lowest BCUT2D eigenvalue weighted by Gasteiger charge is -1.80. The fraction of sp³-hybridized carbons (Fsp3) is 0.500. The van der Waals surface area contributed by atoms with Crippen LogP contribution in [0.15, 0.2) is 11.5 Å². The van der Waals surface area contributed by atoms with E-state index in [1.807, 2.05) is 17.7 Å². The number of rotatable bonds is 3. The Balaban J connectivity index is 3.16. The predicted molar refractivity (Wildman–Crippen MR) is 38.0 cm³/mol. The van der Waals surface area contributed by atoms with Gasteiger partial charge in [-0.25, -0.2) is 0 Å². The highest BCUT2D eigenvalue weighted by atomic mass is 32.2. The molecule has 0 fully saturated rings. The SMILES string of the molecule is CS/C=C\CC(C)=O. The highest BCUT2D eigenvalue weighted by Gasteiger charge is 1.82. The molecule has 0 aliphatic carbocycles. The lowest BCUT2D eigenvalue weighted by atomic mass is 10.3.